The van der Waals surface area contributed by atoms with Crippen molar-refractivity contribution in [3.63, 3.8) is 0 Å². The highest BCUT2D eigenvalue weighted by atomic mass is 79.9. The molecule has 0 radical (unpaired) electrons. The fourth-order valence-electron chi connectivity index (χ4n) is 1.48. The van der Waals surface area contributed by atoms with Gasteiger partial charge >= 0.3 is 0 Å². The first-order valence-electron chi connectivity index (χ1n) is 4.96. The van der Waals surface area contributed by atoms with Crippen molar-refractivity contribution in [2.45, 2.75) is 19.8 Å². The molecule has 2 heterocycles. The summed E-state index contributed by atoms with van der Waals surface area (Å²) in [5.41, 5.74) is 0. The molecular weight excluding hydrogens is 254 g/mol. The predicted molar refractivity (Wildman–Crippen MR) is 63.1 cm³/mol. The smallest absolute Gasteiger partial charge is 0.139 e. The number of rotatable bonds is 3. The van der Waals surface area contributed by atoms with E-state index in [2.05, 4.69) is 32.8 Å². The molecule has 0 aliphatic rings. The van der Waals surface area contributed by atoms with Crippen LogP contribution in [0.3, 0.4) is 0 Å². The second kappa shape index (κ2) is 4.57. The van der Waals surface area contributed by atoms with E-state index in [1.54, 1.807) is 0 Å². The molecule has 0 atom stereocenters. The van der Waals surface area contributed by atoms with E-state index in [4.69, 9.17) is 0 Å². The lowest BCUT2D eigenvalue weighted by molar-refractivity contribution is 0.797. The monoisotopic (exact) mass is 265 g/mol. The summed E-state index contributed by atoms with van der Waals surface area (Å²) in [5, 5.41) is 0. The SMILES string of the molecule is CCCc1nccn1-c1cccc(Br)n1. The third-order valence-corrected chi connectivity index (χ3v) is 2.58. The summed E-state index contributed by atoms with van der Waals surface area (Å²) in [6.07, 6.45) is 5.82. The van der Waals surface area contributed by atoms with E-state index in [0.29, 0.717) is 0 Å². The second-order valence-electron chi connectivity index (χ2n) is 3.28. The summed E-state index contributed by atoms with van der Waals surface area (Å²) in [5.74, 6) is 1.97. The molecule has 15 heavy (non-hydrogen) atoms. The zero-order valence-corrected chi connectivity index (χ0v) is 10.1. The predicted octanol–water partition coefficient (Wildman–Crippen LogP) is 2.98. The summed E-state index contributed by atoms with van der Waals surface area (Å²) in [6.45, 7) is 2.15. The van der Waals surface area contributed by atoms with Crippen molar-refractivity contribution in [2.24, 2.45) is 0 Å². The van der Waals surface area contributed by atoms with Gasteiger partial charge in [-0.2, -0.15) is 0 Å². The third-order valence-electron chi connectivity index (χ3n) is 2.14. The number of aryl methyl sites for hydroxylation is 1. The Morgan fingerprint density at radius 2 is 2.27 bits per heavy atom. The number of aromatic nitrogens is 3. The van der Waals surface area contributed by atoms with Gasteiger partial charge in [0.1, 0.15) is 16.2 Å². The average Bonchev–Trinajstić information content (AvgIpc) is 2.66. The first-order chi connectivity index (χ1) is 7.31. The minimum Gasteiger partial charge on any atom is -0.288 e. The first kappa shape index (κ1) is 10.4. The Morgan fingerprint density at radius 1 is 1.40 bits per heavy atom. The second-order valence-corrected chi connectivity index (χ2v) is 4.09. The molecule has 2 rings (SSSR count). The molecule has 0 aliphatic heterocycles. The Balaban J connectivity index is 2.40. The van der Waals surface area contributed by atoms with Gasteiger partial charge in [-0.15, -0.1) is 0 Å². The van der Waals surface area contributed by atoms with Crippen molar-refractivity contribution in [3.05, 3.63) is 41.0 Å². The van der Waals surface area contributed by atoms with Gasteiger partial charge in [-0.25, -0.2) is 9.97 Å². The van der Waals surface area contributed by atoms with Gasteiger partial charge in [-0.1, -0.05) is 13.0 Å². The molecular formula is C11H12BrN3. The van der Waals surface area contributed by atoms with Crippen LogP contribution in [-0.4, -0.2) is 14.5 Å². The van der Waals surface area contributed by atoms with Crippen LogP contribution < -0.4 is 0 Å². The molecule has 2 aromatic heterocycles. The highest BCUT2D eigenvalue weighted by molar-refractivity contribution is 9.10. The molecule has 0 spiro atoms. The van der Waals surface area contributed by atoms with E-state index in [0.717, 1.165) is 29.1 Å². The van der Waals surface area contributed by atoms with Crippen LogP contribution in [0.5, 0.6) is 0 Å². The zero-order valence-electron chi connectivity index (χ0n) is 8.52. The summed E-state index contributed by atoms with van der Waals surface area (Å²) in [6, 6.07) is 5.87. The summed E-state index contributed by atoms with van der Waals surface area (Å²) in [4.78, 5) is 8.72. The molecule has 0 fully saturated rings. The first-order valence-corrected chi connectivity index (χ1v) is 5.75. The van der Waals surface area contributed by atoms with E-state index in [-0.39, 0.29) is 0 Å². The highest BCUT2D eigenvalue weighted by Crippen LogP contribution is 2.13. The van der Waals surface area contributed by atoms with Crippen LogP contribution in [0.25, 0.3) is 5.82 Å². The Morgan fingerprint density at radius 3 is 3.00 bits per heavy atom. The molecule has 3 nitrogen and oxygen atoms in total. The molecule has 0 N–H and O–H groups in total. The van der Waals surface area contributed by atoms with Gasteiger partial charge in [0.05, 0.1) is 0 Å². The molecule has 0 aliphatic carbocycles. The van der Waals surface area contributed by atoms with E-state index in [1.807, 2.05) is 35.2 Å². The van der Waals surface area contributed by atoms with Crippen molar-refractivity contribution >= 4 is 15.9 Å². The molecule has 0 saturated heterocycles. The molecule has 0 unspecified atom stereocenters. The van der Waals surface area contributed by atoms with Gasteiger partial charge < -0.3 is 0 Å². The lowest BCUT2D eigenvalue weighted by Crippen LogP contribution is -2.02. The van der Waals surface area contributed by atoms with Crippen molar-refractivity contribution in [3.8, 4) is 5.82 Å². The molecule has 0 amide bonds. The van der Waals surface area contributed by atoms with Crippen LogP contribution in [-0.2, 0) is 6.42 Å². The van der Waals surface area contributed by atoms with Gasteiger partial charge in [0.15, 0.2) is 0 Å². The maximum absolute atomic E-state index is 4.40. The zero-order chi connectivity index (χ0) is 10.7. The van der Waals surface area contributed by atoms with E-state index >= 15 is 0 Å². The van der Waals surface area contributed by atoms with Gasteiger partial charge in [0, 0.05) is 18.8 Å². The molecule has 4 heteroatoms. The minimum absolute atomic E-state index is 0.844. The largest absolute Gasteiger partial charge is 0.288 e. The minimum atomic E-state index is 0.844. The van der Waals surface area contributed by atoms with Crippen molar-refractivity contribution < 1.29 is 0 Å². The van der Waals surface area contributed by atoms with Crippen molar-refractivity contribution in [1.82, 2.24) is 14.5 Å². The Hall–Kier alpha value is -1.16. The number of imidazole rings is 1. The lowest BCUT2D eigenvalue weighted by atomic mass is 10.3. The van der Waals surface area contributed by atoms with E-state index in [1.165, 1.54) is 0 Å². The number of hydrogen-bond acceptors (Lipinski definition) is 2. The molecule has 0 saturated carbocycles. The van der Waals surface area contributed by atoms with Crippen LogP contribution in [0.2, 0.25) is 0 Å². The van der Waals surface area contributed by atoms with E-state index < -0.39 is 0 Å². The summed E-state index contributed by atoms with van der Waals surface area (Å²) < 4.78 is 2.87. The Bertz CT molecular complexity index is 451. The fourth-order valence-corrected chi connectivity index (χ4v) is 1.82. The van der Waals surface area contributed by atoms with Gasteiger partial charge in [-0.3, -0.25) is 4.57 Å². The van der Waals surface area contributed by atoms with Gasteiger partial charge in [0.2, 0.25) is 0 Å². The van der Waals surface area contributed by atoms with Crippen LogP contribution in [0.4, 0.5) is 0 Å². The maximum atomic E-state index is 4.40. The van der Waals surface area contributed by atoms with Crippen LogP contribution >= 0.6 is 15.9 Å². The molecule has 0 aromatic carbocycles. The quantitative estimate of drug-likeness (QED) is 0.799. The average molecular weight is 266 g/mol. The van der Waals surface area contributed by atoms with E-state index in [9.17, 15) is 0 Å². The highest BCUT2D eigenvalue weighted by Gasteiger charge is 2.04. The van der Waals surface area contributed by atoms with Crippen LogP contribution in [0.1, 0.15) is 19.2 Å². The standard InChI is InChI=1S/C11H12BrN3/c1-2-4-10-13-7-8-15(10)11-6-3-5-9(12)14-11/h3,5-8H,2,4H2,1H3. The number of hydrogen-bond donors (Lipinski definition) is 0. The Labute approximate surface area is 97.3 Å². The maximum Gasteiger partial charge on any atom is 0.139 e. The molecule has 2 aromatic rings. The lowest BCUT2D eigenvalue weighted by Gasteiger charge is -2.05. The fraction of sp³-hybridized carbons (Fsp3) is 0.273. The van der Waals surface area contributed by atoms with Crippen molar-refractivity contribution in [2.75, 3.05) is 0 Å². The van der Waals surface area contributed by atoms with Crippen LogP contribution in [0, 0.1) is 0 Å². The Kier molecular flexibility index (Phi) is 3.16. The normalized spacial score (nSPS) is 10.5. The number of halogens is 1. The number of pyridine rings is 1. The molecule has 78 valence electrons. The number of nitrogens with zero attached hydrogens (tertiary/aromatic N) is 3. The molecule has 0 bridgehead atoms. The van der Waals surface area contributed by atoms with Gasteiger partial charge in [-0.05, 0) is 34.5 Å². The van der Waals surface area contributed by atoms with Crippen LogP contribution in [0.15, 0.2) is 35.2 Å². The topological polar surface area (TPSA) is 30.7 Å². The van der Waals surface area contributed by atoms with Gasteiger partial charge in [0.25, 0.3) is 0 Å². The summed E-state index contributed by atoms with van der Waals surface area (Å²) in [7, 11) is 0. The third kappa shape index (κ3) is 2.26. The van der Waals surface area contributed by atoms with Crippen molar-refractivity contribution in [1.29, 1.82) is 0 Å². The summed E-state index contributed by atoms with van der Waals surface area (Å²) >= 11 is 3.37.